The molecule has 20 heavy (non-hydrogen) atoms. The highest BCUT2D eigenvalue weighted by Crippen LogP contribution is 2.26. The number of aliphatic hydroxyl groups excluding tert-OH is 1. The Morgan fingerprint density at radius 3 is 2.75 bits per heavy atom. The van der Waals surface area contributed by atoms with Crippen LogP contribution in [0.25, 0.3) is 0 Å². The third-order valence-corrected chi connectivity index (χ3v) is 3.18. The molecule has 0 saturated carbocycles. The number of nitrogen functional groups attached to an aromatic ring is 1. The molecule has 0 bridgehead atoms. The number of aliphatic hydroxyl groups is 1. The molecular formula is C12H22N4O3S. The largest absolute Gasteiger partial charge is 0.389 e. The average Bonchev–Trinajstić information content (AvgIpc) is 2.65. The first-order valence-corrected chi connectivity index (χ1v) is 7.04. The van der Waals surface area contributed by atoms with Crippen molar-refractivity contribution in [2.24, 2.45) is 0 Å². The number of thiazole rings is 1. The van der Waals surface area contributed by atoms with E-state index in [1.807, 2.05) is 20.8 Å². The zero-order valence-corrected chi connectivity index (χ0v) is 13.0. The molecule has 114 valence electrons. The van der Waals surface area contributed by atoms with E-state index in [9.17, 15) is 9.90 Å². The topological polar surface area (TPSA) is 110 Å². The van der Waals surface area contributed by atoms with Crippen molar-refractivity contribution in [3.05, 3.63) is 4.88 Å². The smallest absolute Gasteiger partial charge is 0.265 e. The van der Waals surface area contributed by atoms with Crippen molar-refractivity contribution in [2.45, 2.75) is 32.4 Å². The fourth-order valence-corrected chi connectivity index (χ4v) is 2.42. The van der Waals surface area contributed by atoms with Gasteiger partial charge in [0.1, 0.15) is 10.7 Å². The highest BCUT2D eigenvalue weighted by atomic mass is 32.1. The molecule has 5 N–H and O–H groups in total. The van der Waals surface area contributed by atoms with Gasteiger partial charge in [0, 0.05) is 19.2 Å². The Labute approximate surface area is 122 Å². The van der Waals surface area contributed by atoms with Gasteiger partial charge in [0.25, 0.3) is 5.91 Å². The normalized spacial score (nSPS) is 13.1. The quantitative estimate of drug-likeness (QED) is 0.615. The molecule has 1 aromatic rings. The summed E-state index contributed by atoms with van der Waals surface area (Å²) < 4.78 is 4.78. The third kappa shape index (κ3) is 5.32. The Morgan fingerprint density at radius 1 is 1.55 bits per heavy atom. The second-order valence-corrected chi connectivity index (χ2v) is 6.43. The predicted octanol–water partition coefficient (Wildman–Crippen LogP) is 0.673. The number of hydrogen-bond donors (Lipinski definition) is 4. The molecule has 1 heterocycles. The maximum absolute atomic E-state index is 12.0. The highest BCUT2D eigenvalue weighted by Gasteiger charge is 2.19. The van der Waals surface area contributed by atoms with Crippen LogP contribution in [0.15, 0.2) is 0 Å². The molecule has 1 rings (SSSR count). The van der Waals surface area contributed by atoms with Gasteiger partial charge in [0.05, 0.1) is 12.7 Å². The van der Waals surface area contributed by atoms with E-state index in [2.05, 4.69) is 15.6 Å². The van der Waals surface area contributed by atoms with E-state index >= 15 is 0 Å². The lowest BCUT2D eigenvalue weighted by atomic mass is 10.1. The minimum Gasteiger partial charge on any atom is -0.389 e. The van der Waals surface area contributed by atoms with Crippen LogP contribution >= 0.6 is 11.3 Å². The fraction of sp³-hybridized carbons (Fsp3) is 0.667. The van der Waals surface area contributed by atoms with Gasteiger partial charge in [-0.25, -0.2) is 4.98 Å². The SMILES string of the molecule is COCC(O)CNC(=O)c1sc(NC(C)(C)C)nc1N. The summed E-state index contributed by atoms with van der Waals surface area (Å²) in [6.45, 7) is 6.24. The number of rotatable bonds is 6. The Balaban J connectivity index is 2.64. The number of anilines is 2. The summed E-state index contributed by atoms with van der Waals surface area (Å²) in [5, 5.41) is 15.8. The van der Waals surface area contributed by atoms with Crippen molar-refractivity contribution in [3.63, 3.8) is 0 Å². The van der Waals surface area contributed by atoms with Crippen molar-refractivity contribution >= 4 is 28.2 Å². The fourth-order valence-electron chi connectivity index (χ4n) is 1.41. The van der Waals surface area contributed by atoms with Crippen molar-refractivity contribution < 1.29 is 14.6 Å². The Morgan fingerprint density at radius 2 is 2.20 bits per heavy atom. The Bertz CT molecular complexity index is 456. The van der Waals surface area contributed by atoms with E-state index in [1.54, 1.807) is 0 Å². The van der Waals surface area contributed by atoms with E-state index in [-0.39, 0.29) is 30.4 Å². The van der Waals surface area contributed by atoms with Crippen LogP contribution in [0.1, 0.15) is 30.4 Å². The Kier molecular flexibility index (Phi) is 5.73. The summed E-state index contributed by atoms with van der Waals surface area (Å²) in [6, 6.07) is 0. The van der Waals surface area contributed by atoms with Crippen LogP contribution in [0.5, 0.6) is 0 Å². The summed E-state index contributed by atoms with van der Waals surface area (Å²) in [5.74, 6) is -0.169. The number of carbonyl (C=O) groups excluding carboxylic acids is 1. The lowest BCUT2D eigenvalue weighted by Gasteiger charge is -2.19. The molecule has 0 saturated heterocycles. The molecule has 7 nitrogen and oxygen atoms in total. The molecule has 8 heteroatoms. The van der Waals surface area contributed by atoms with Gasteiger partial charge < -0.3 is 26.2 Å². The van der Waals surface area contributed by atoms with Gasteiger partial charge in [0.15, 0.2) is 5.13 Å². The highest BCUT2D eigenvalue weighted by molar-refractivity contribution is 7.18. The summed E-state index contributed by atoms with van der Waals surface area (Å²) in [7, 11) is 1.48. The number of amides is 1. The zero-order chi connectivity index (χ0) is 15.3. The molecule has 1 amide bonds. The molecule has 0 aliphatic heterocycles. The van der Waals surface area contributed by atoms with Crippen molar-refractivity contribution in [3.8, 4) is 0 Å². The van der Waals surface area contributed by atoms with E-state index in [0.717, 1.165) is 0 Å². The van der Waals surface area contributed by atoms with Crippen LogP contribution in [0.4, 0.5) is 10.9 Å². The summed E-state index contributed by atoms with van der Waals surface area (Å²) >= 11 is 1.19. The molecule has 0 fully saturated rings. The number of nitrogens with two attached hydrogens (primary N) is 1. The summed E-state index contributed by atoms with van der Waals surface area (Å²) in [6.07, 6.45) is -0.745. The summed E-state index contributed by atoms with van der Waals surface area (Å²) in [4.78, 5) is 16.4. The van der Waals surface area contributed by atoms with Crippen molar-refractivity contribution in [1.82, 2.24) is 10.3 Å². The van der Waals surface area contributed by atoms with Crippen molar-refractivity contribution in [2.75, 3.05) is 31.3 Å². The maximum atomic E-state index is 12.0. The molecule has 0 aromatic carbocycles. The van der Waals surface area contributed by atoms with E-state index < -0.39 is 6.10 Å². The predicted molar refractivity (Wildman–Crippen MR) is 80.1 cm³/mol. The van der Waals surface area contributed by atoms with Gasteiger partial charge in [-0.15, -0.1) is 0 Å². The van der Waals surface area contributed by atoms with Crippen LogP contribution in [0.3, 0.4) is 0 Å². The van der Waals surface area contributed by atoms with E-state index in [1.165, 1.54) is 18.4 Å². The first-order chi connectivity index (χ1) is 9.23. The van der Waals surface area contributed by atoms with E-state index in [0.29, 0.717) is 10.0 Å². The van der Waals surface area contributed by atoms with Crippen LogP contribution in [-0.4, -0.2) is 47.9 Å². The minimum absolute atomic E-state index is 0.103. The number of carbonyl (C=O) groups is 1. The second kappa shape index (κ2) is 6.87. The lowest BCUT2D eigenvalue weighted by Crippen LogP contribution is -2.34. The monoisotopic (exact) mass is 302 g/mol. The lowest BCUT2D eigenvalue weighted by molar-refractivity contribution is 0.0611. The second-order valence-electron chi connectivity index (χ2n) is 5.43. The van der Waals surface area contributed by atoms with Crippen LogP contribution in [0.2, 0.25) is 0 Å². The minimum atomic E-state index is -0.745. The van der Waals surface area contributed by atoms with Gasteiger partial charge in [-0.05, 0) is 20.8 Å². The maximum Gasteiger partial charge on any atom is 0.265 e. The molecule has 0 spiro atoms. The number of aromatic nitrogens is 1. The average molecular weight is 302 g/mol. The molecule has 0 aliphatic rings. The summed E-state index contributed by atoms with van der Waals surface area (Å²) in [5.41, 5.74) is 5.58. The Hall–Kier alpha value is -1.38. The first-order valence-electron chi connectivity index (χ1n) is 6.22. The van der Waals surface area contributed by atoms with Crippen LogP contribution in [-0.2, 0) is 4.74 Å². The molecule has 1 atom stereocenters. The van der Waals surface area contributed by atoms with Gasteiger partial charge >= 0.3 is 0 Å². The first kappa shape index (κ1) is 16.7. The molecule has 1 unspecified atom stereocenters. The molecule has 0 radical (unpaired) electrons. The van der Waals surface area contributed by atoms with Gasteiger partial charge in [-0.3, -0.25) is 4.79 Å². The number of nitrogens with zero attached hydrogens (tertiary/aromatic N) is 1. The molecular weight excluding hydrogens is 280 g/mol. The number of methoxy groups -OCH3 is 1. The molecule has 1 aromatic heterocycles. The van der Waals surface area contributed by atoms with Crippen LogP contribution in [0, 0.1) is 0 Å². The molecule has 0 aliphatic carbocycles. The van der Waals surface area contributed by atoms with Gasteiger partial charge in [-0.2, -0.15) is 0 Å². The number of nitrogens with one attached hydrogen (secondary N) is 2. The zero-order valence-electron chi connectivity index (χ0n) is 12.2. The number of ether oxygens (including phenoxy) is 1. The van der Waals surface area contributed by atoms with Gasteiger partial charge in [0.2, 0.25) is 0 Å². The van der Waals surface area contributed by atoms with Crippen LogP contribution < -0.4 is 16.4 Å². The van der Waals surface area contributed by atoms with E-state index in [4.69, 9.17) is 10.5 Å². The standard InChI is InChI=1S/C12H22N4O3S/c1-12(2,3)16-11-15-9(13)8(20-11)10(18)14-5-7(17)6-19-4/h7,17H,5-6,13H2,1-4H3,(H,14,18)(H,15,16). The number of hydrogen-bond acceptors (Lipinski definition) is 7. The van der Waals surface area contributed by atoms with Gasteiger partial charge in [-0.1, -0.05) is 11.3 Å². The third-order valence-electron chi connectivity index (χ3n) is 2.20. The van der Waals surface area contributed by atoms with Crippen molar-refractivity contribution in [1.29, 1.82) is 0 Å².